The van der Waals surface area contributed by atoms with Crippen molar-refractivity contribution in [2.24, 2.45) is 29.6 Å². The Bertz CT molecular complexity index is 403. The third-order valence-electron chi connectivity index (χ3n) is 4.55. The summed E-state index contributed by atoms with van der Waals surface area (Å²) >= 11 is 0. The summed E-state index contributed by atoms with van der Waals surface area (Å²) in [6, 6.07) is 0. The van der Waals surface area contributed by atoms with Crippen LogP contribution in [0.4, 0.5) is 0 Å². The molecule has 0 radical (unpaired) electrons. The fraction of sp³-hybridized carbons (Fsp3) is 0.750. The topological polar surface area (TPSA) is 66.4 Å². The maximum atomic E-state index is 12.2. The van der Waals surface area contributed by atoms with Crippen LogP contribution >= 0.6 is 0 Å². The van der Waals surface area contributed by atoms with Gasteiger partial charge in [-0.25, -0.2) is 0 Å². The molecule has 4 nitrogen and oxygen atoms in total. The molecule has 2 N–H and O–H groups in total. The molecule has 0 aromatic carbocycles. The summed E-state index contributed by atoms with van der Waals surface area (Å²) in [5, 5.41) is 12.2. The number of unbranched alkanes of at least 4 members (excludes halogenated alkanes) is 1. The SMILES string of the molecule is CC(C)CCCCNC(=O)C1C2C=CC(C2)C1C(=O)O. The summed E-state index contributed by atoms with van der Waals surface area (Å²) in [4.78, 5) is 23.6. The molecular formula is C16H25NO3. The van der Waals surface area contributed by atoms with Gasteiger partial charge in [-0.2, -0.15) is 0 Å². The van der Waals surface area contributed by atoms with Crippen molar-refractivity contribution >= 4 is 11.9 Å². The molecule has 2 bridgehead atoms. The summed E-state index contributed by atoms with van der Waals surface area (Å²) in [6.45, 7) is 5.05. The van der Waals surface area contributed by atoms with Gasteiger partial charge in [0, 0.05) is 6.54 Å². The highest BCUT2D eigenvalue weighted by atomic mass is 16.4. The lowest BCUT2D eigenvalue weighted by atomic mass is 9.82. The van der Waals surface area contributed by atoms with Crippen LogP contribution in [0.15, 0.2) is 12.2 Å². The Balaban J connectivity index is 1.80. The average Bonchev–Trinajstić information content (AvgIpc) is 2.97. The highest BCUT2D eigenvalue weighted by Crippen LogP contribution is 2.48. The quantitative estimate of drug-likeness (QED) is 0.555. The predicted octanol–water partition coefficient (Wildman–Crippen LogP) is 2.45. The Morgan fingerprint density at radius 2 is 1.85 bits per heavy atom. The molecule has 0 aromatic heterocycles. The number of fused-ring (bicyclic) bond motifs is 2. The molecule has 0 saturated heterocycles. The zero-order chi connectivity index (χ0) is 14.7. The van der Waals surface area contributed by atoms with Crippen LogP contribution in [0.25, 0.3) is 0 Å². The number of nitrogens with one attached hydrogen (secondary N) is 1. The van der Waals surface area contributed by atoms with Gasteiger partial charge < -0.3 is 10.4 Å². The number of carbonyl (C=O) groups excluding carboxylic acids is 1. The second-order valence-corrected chi connectivity index (χ2v) is 6.52. The molecule has 0 aromatic rings. The molecule has 4 atom stereocenters. The maximum Gasteiger partial charge on any atom is 0.307 e. The molecule has 2 aliphatic rings. The minimum atomic E-state index is -0.832. The van der Waals surface area contributed by atoms with Crippen molar-refractivity contribution in [3.8, 4) is 0 Å². The van der Waals surface area contributed by atoms with Crippen LogP contribution in [0.5, 0.6) is 0 Å². The molecule has 2 aliphatic carbocycles. The molecule has 2 rings (SSSR count). The van der Waals surface area contributed by atoms with E-state index >= 15 is 0 Å². The Morgan fingerprint density at radius 1 is 1.20 bits per heavy atom. The van der Waals surface area contributed by atoms with Gasteiger partial charge in [-0.15, -0.1) is 0 Å². The van der Waals surface area contributed by atoms with Crippen LogP contribution in [0.3, 0.4) is 0 Å². The smallest absolute Gasteiger partial charge is 0.307 e. The van der Waals surface area contributed by atoms with E-state index in [2.05, 4.69) is 19.2 Å². The van der Waals surface area contributed by atoms with Gasteiger partial charge in [-0.05, 0) is 30.6 Å². The first-order valence-electron chi connectivity index (χ1n) is 7.69. The van der Waals surface area contributed by atoms with E-state index in [9.17, 15) is 14.7 Å². The first kappa shape index (κ1) is 15.1. The van der Waals surface area contributed by atoms with Crippen LogP contribution in [-0.2, 0) is 9.59 Å². The van der Waals surface area contributed by atoms with Gasteiger partial charge >= 0.3 is 5.97 Å². The Morgan fingerprint density at radius 3 is 2.45 bits per heavy atom. The number of hydrogen-bond donors (Lipinski definition) is 2. The van der Waals surface area contributed by atoms with Crippen molar-refractivity contribution < 1.29 is 14.7 Å². The number of rotatable bonds is 7. The van der Waals surface area contributed by atoms with E-state index in [0.29, 0.717) is 12.5 Å². The first-order chi connectivity index (χ1) is 9.50. The molecule has 1 amide bonds. The highest BCUT2D eigenvalue weighted by Gasteiger charge is 2.51. The molecule has 0 spiro atoms. The fourth-order valence-corrected chi connectivity index (χ4v) is 3.52. The molecule has 112 valence electrons. The third-order valence-corrected chi connectivity index (χ3v) is 4.55. The number of aliphatic carboxylic acids is 1. The number of allylic oxidation sites excluding steroid dienone is 2. The number of carbonyl (C=O) groups is 2. The molecule has 1 saturated carbocycles. The van der Waals surface area contributed by atoms with Crippen LogP contribution in [0.1, 0.15) is 39.5 Å². The van der Waals surface area contributed by atoms with E-state index in [-0.39, 0.29) is 23.7 Å². The molecular weight excluding hydrogens is 254 g/mol. The van der Waals surface area contributed by atoms with Gasteiger partial charge in [0.1, 0.15) is 0 Å². The summed E-state index contributed by atoms with van der Waals surface area (Å²) in [5.74, 6) is -0.933. The van der Waals surface area contributed by atoms with Gasteiger partial charge in [-0.1, -0.05) is 38.8 Å². The van der Waals surface area contributed by atoms with Crippen LogP contribution in [0.2, 0.25) is 0 Å². The van der Waals surface area contributed by atoms with E-state index < -0.39 is 11.9 Å². The molecule has 0 heterocycles. The van der Waals surface area contributed by atoms with E-state index in [1.165, 1.54) is 6.42 Å². The summed E-state index contributed by atoms with van der Waals surface area (Å²) in [6.07, 6.45) is 8.06. The zero-order valence-electron chi connectivity index (χ0n) is 12.3. The maximum absolute atomic E-state index is 12.2. The van der Waals surface area contributed by atoms with Crippen molar-refractivity contribution in [1.29, 1.82) is 0 Å². The van der Waals surface area contributed by atoms with E-state index in [1.807, 2.05) is 12.2 Å². The average molecular weight is 279 g/mol. The van der Waals surface area contributed by atoms with E-state index in [4.69, 9.17) is 0 Å². The zero-order valence-corrected chi connectivity index (χ0v) is 12.3. The van der Waals surface area contributed by atoms with Crippen molar-refractivity contribution in [1.82, 2.24) is 5.32 Å². The second kappa shape index (κ2) is 6.42. The number of hydrogen-bond acceptors (Lipinski definition) is 2. The van der Waals surface area contributed by atoms with Crippen LogP contribution in [0, 0.1) is 29.6 Å². The van der Waals surface area contributed by atoms with Gasteiger partial charge in [-0.3, -0.25) is 9.59 Å². The lowest BCUT2D eigenvalue weighted by molar-refractivity contribution is -0.147. The number of carboxylic acids is 1. The lowest BCUT2D eigenvalue weighted by Gasteiger charge is -2.23. The predicted molar refractivity (Wildman–Crippen MR) is 77.1 cm³/mol. The summed E-state index contributed by atoms with van der Waals surface area (Å²) < 4.78 is 0. The van der Waals surface area contributed by atoms with Crippen molar-refractivity contribution in [3.63, 3.8) is 0 Å². The van der Waals surface area contributed by atoms with E-state index in [0.717, 1.165) is 19.3 Å². The van der Waals surface area contributed by atoms with Crippen molar-refractivity contribution in [2.75, 3.05) is 6.54 Å². The van der Waals surface area contributed by atoms with Gasteiger partial charge in [0.2, 0.25) is 5.91 Å². The van der Waals surface area contributed by atoms with Gasteiger partial charge in [0.05, 0.1) is 11.8 Å². The normalized spacial score (nSPS) is 30.9. The van der Waals surface area contributed by atoms with Gasteiger partial charge in [0.25, 0.3) is 0 Å². The number of carboxylic acid groups (broad SMARTS) is 1. The monoisotopic (exact) mass is 279 g/mol. The molecule has 0 aliphatic heterocycles. The van der Waals surface area contributed by atoms with E-state index in [1.54, 1.807) is 0 Å². The minimum Gasteiger partial charge on any atom is -0.481 e. The Kier molecular flexibility index (Phi) is 4.84. The Labute approximate surface area is 120 Å². The first-order valence-corrected chi connectivity index (χ1v) is 7.69. The largest absolute Gasteiger partial charge is 0.481 e. The molecule has 1 fully saturated rings. The van der Waals surface area contributed by atoms with Gasteiger partial charge in [0.15, 0.2) is 0 Å². The second-order valence-electron chi connectivity index (χ2n) is 6.52. The highest BCUT2D eigenvalue weighted by molar-refractivity contribution is 5.86. The molecule has 4 heteroatoms. The fourth-order valence-electron chi connectivity index (χ4n) is 3.52. The number of amides is 1. The van der Waals surface area contributed by atoms with Crippen LogP contribution in [-0.4, -0.2) is 23.5 Å². The summed E-state index contributed by atoms with van der Waals surface area (Å²) in [7, 11) is 0. The summed E-state index contributed by atoms with van der Waals surface area (Å²) in [5.41, 5.74) is 0. The van der Waals surface area contributed by atoms with Crippen molar-refractivity contribution in [3.05, 3.63) is 12.2 Å². The third kappa shape index (κ3) is 3.22. The Hall–Kier alpha value is -1.32. The lowest BCUT2D eigenvalue weighted by Crippen LogP contribution is -2.40. The van der Waals surface area contributed by atoms with Crippen molar-refractivity contribution in [2.45, 2.75) is 39.5 Å². The standard InChI is InChI=1S/C16H25NO3/c1-10(2)5-3-4-8-17-15(18)13-11-6-7-12(9-11)14(13)16(19)20/h6-7,10-14H,3-5,8-9H2,1-2H3,(H,17,18)(H,19,20). The molecule has 20 heavy (non-hydrogen) atoms. The minimum absolute atomic E-state index is 0.0502. The molecule has 4 unspecified atom stereocenters. The van der Waals surface area contributed by atoms with Crippen LogP contribution < -0.4 is 5.32 Å².